The highest BCUT2D eigenvalue weighted by molar-refractivity contribution is 6.37. The van der Waals surface area contributed by atoms with E-state index in [4.69, 9.17) is 32.7 Å². The summed E-state index contributed by atoms with van der Waals surface area (Å²) in [5, 5.41) is 0.818. The van der Waals surface area contributed by atoms with Crippen molar-refractivity contribution in [2.45, 2.75) is 6.92 Å². The summed E-state index contributed by atoms with van der Waals surface area (Å²) in [5.41, 5.74) is 1.98. The number of esters is 1. The number of allylic oxidation sites excluding steroid dienone is 1. The Hall–Kier alpha value is -3.08. The SMILES string of the molecule is Cc1cc(OC(=O)c2ccccc2)cc2c1C(=O)/C(=C/c1c(Cl)cccc1Cl)O2. The van der Waals surface area contributed by atoms with Gasteiger partial charge >= 0.3 is 5.97 Å². The molecule has 0 amide bonds. The number of fused-ring (bicyclic) bond motifs is 1. The molecular weight excluding hydrogens is 411 g/mol. The van der Waals surface area contributed by atoms with Gasteiger partial charge in [-0.3, -0.25) is 4.79 Å². The quantitative estimate of drug-likeness (QED) is 0.288. The molecule has 1 aliphatic rings. The van der Waals surface area contributed by atoms with Gasteiger partial charge in [-0.25, -0.2) is 4.79 Å². The normalized spacial score (nSPS) is 13.9. The minimum absolute atomic E-state index is 0.102. The van der Waals surface area contributed by atoms with Crippen LogP contribution in [0.25, 0.3) is 6.08 Å². The van der Waals surface area contributed by atoms with Crippen LogP contribution in [0, 0.1) is 6.92 Å². The molecule has 6 heteroatoms. The van der Waals surface area contributed by atoms with Crippen LogP contribution < -0.4 is 9.47 Å². The Labute approximate surface area is 177 Å². The van der Waals surface area contributed by atoms with Crippen molar-refractivity contribution in [3.05, 3.63) is 98.7 Å². The first-order chi connectivity index (χ1) is 13.9. The number of ketones is 1. The summed E-state index contributed by atoms with van der Waals surface area (Å²) in [5.74, 6) is -0.0628. The van der Waals surface area contributed by atoms with Crippen molar-refractivity contribution in [1.82, 2.24) is 0 Å². The van der Waals surface area contributed by atoms with Gasteiger partial charge in [-0.05, 0) is 48.9 Å². The first kappa shape index (κ1) is 19.2. The Morgan fingerprint density at radius 1 is 1.00 bits per heavy atom. The molecule has 144 valence electrons. The molecule has 0 fully saturated rings. The third kappa shape index (κ3) is 3.77. The van der Waals surface area contributed by atoms with Crippen LogP contribution in [0.2, 0.25) is 10.0 Å². The van der Waals surface area contributed by atoms with Crippen molar-refractivity contribution < 1.29 is 19.1 Å². The number of halogens is 2. The smallest absolute Gasteiger partial charge is 0.343 e. The molecule has 0 saturated carbocycles. The lowest BCUT2D eigenvalue weighted by Gasteiger charge is -2.07. The van der Waals surface area contributed by atoms with Crippen LogP contribution in [-0.4, -0.2) is 11.8 Å². The summed E-state index contributed by atoms with van der Waals surface area (Å²) < 4.78 is 11.2. The van der Waals surface area contributed by atoms with Gasteiger partial charge in [-0.1, -0.05) is 47.5 Å². The van der Waals surface area contributed by atoms with E-state index < -0.39 is 5.97 Å². The maximum absolute atomic E-state index is 12.8. The molecule has 0 bridgehead atoms. The maximum atomic E-state index is 12.8. The standard InChI is InChI=1S/C23H14Cl2O4/c1-13-10-15(28-23(27)14-6-3-2-4-7-14)11-19-21(13)22(26)20(29-19)12-16-17(24)8-5-9-18(16)25/h2-12H,1H3/b20-12-. The molecule has 1 heterocycles. The summed E-state index contributed by atoms with van der Waals surface area (Å²) in [7, 11) is 0. The van der Waals surface area contributed by atoms with Crippen LogP contribution in [0.1, 0.15) is 31.8 Å². The van der Waals surface area contributed by atoms with Crippen LogP contribution in [0.5, 0.6) is 11.5 Å². The van der Waals surface area contributed by atoms with Gasteiger partial charge in [0, 0.05) is 21.7 Å². The number of benzene rings is 3. The third-order valence-corrected chi connectivity index (χ3v) is 5.10. The average molecular weight is 425 g/mol. The predicted molar refractivity (Wildman–Crippen MR) is 112 cm³/mol. The number of Topliss-reactive ketones (excluding diaryl/α,β-unsaturated/α-hetero) is 1. The highest BCUT2D eigenvalue weighted by Gasteiger charge is 2.30. The number of carbonyl (C=O) groups is 2. The first-order valence-corrected chi connectivity index (χ1v) is 9.50. The first-order valence-electron chi connectivity index (χ1n) is 8.74. The average Bonchev–Trinajstić information content (AvgIpc) is 3.01. The summed E-state index contributed by atoms with van der Waals surface area (Å²) in [4.78, 5) is 25.1. The Morgan fingerprint density at radius 2 is 1.69 bits per heavy atom. The molecule has 4 nitrogen and oxygen atoms in total. The largest absolute Gasteiger partial charge is 0.452 e. The summed E-state index contributed by atoms with van der Waals surface area (Å²) in [6, 6.07) is 16.9. The molecule has 0 spiro atoms. The number of rotatable bonds is 3. The molecule has 0 atom stereocenters. The summed E-state index contributed by atoms with van der Waals surface area (Å²) in [6.07, 6.45) is 1.52. The fourth-order valence-corrected chi connectivity index (χ4v) is 3.56. The van der Waals surface area contributed by atoms with Crippen molar-refractivity contribution in [3.8, 4) is 11.5 Å². The van der Waals surface area contributed by atoms with Crippen molar-refractivity contribution in [3.63, 3.8) is 0 Å². The molecule has 0 N–H and O–H groups in total. The molecule has 0 aliphatic carbocycles. The van der Waals surface area contributed by atoms with E-state index in [0.29, 0.717) is 43.8 Å². The van der Waals surface area contributed by atoms with E-state index in [9.17, 15) is 9.59 Å². The molecular formula is C23H14Cl2O4. The van der Waals surface area contributed by atoms with Gasteiger partial charge < -0.3 is 9.47 Å². The molecule has 29 heavy (non-hydrogen) atoms. The number of aryl methyl sites for hydroxylation is 1. The monoisotopic (exact) mass is 424 g/mol. The van der Waals surface area contributed by atoms with Gasteiger partial charge in [-0.2, -0.15) is 0 Å². The fourth-order valence-electron chi connectivity index (χ4n) is 3.06. The van der Waals surface area contributed by atoms with E-state index in [1.165, 1.54) is 12.1 Å². The fraction of sp³-hybridized carbons (Fsp3) is 0.0435. The molecule has 0 saturated heterocycles. The lowest BCUT2D eigenvalue weighted by Crippen LogP contribution is -2.08. The van der Waals surface area contributed by atoms with Crippen molar-refractivity contribution in [2.75, 3.05) is 0 Å². The van der Waals surface area contributed by atoms with Gasteiger partial charge in [0.15, 0.2) is 5.76 Å². The topological polar surface area (TPSA) is 52.6 Å². The molecule has 1 aliphatic heterocycles. The lowest BCUT2D eigenvalue weighted by atomic mass is 10.0. The number of carbonyl (C=O) groups excluding carboxylic acids is 2. The summed E-state index contributed by atoms with van der Waals surface area (Å²) in [6.45, 7) is 1.76. The van der Waals surface area contributed by atoms with Crippen LogP contribution in [-0.2, 0) is 0 Å². The van der Waals surface area contributed by atoms with Crippen LogP contribution in [0.3, 0.4) is 0 Å². The molecule has 0 unspecified atom stereocenters. The van der Waals surface area contributed by atoms with Crippen molar-refractivity contribution >= 4 is 41.0 Å². The Bertz CT molecular complexity index is 1150. The third-order valence-electron chi connectivity index (χ3n) is 4.44. The van der Waals surface area contributed by atoms with E-state index in [1.54, 1.807) is 55.5 Å². The second-order valence-corrected chi connectivity index (χ2v) is 7.26. The van der Waals surface area contributed by atoms with Gasteiger partial charge in [0.25, 0.3) is 0 Å². The van der Waals surface area contributed by atoms with E-state index >= 15 is 0 Å². The van der Waals surface area contributed by atoms with E-state index in [1.807, 2.05) is 6.07 Å². The highest BCUT2D eigenvalue weighted by atomic mass is 35.5. The Balaban J connectivity index is 1.65. The molecule has 3 aromatic rings. The minimum Gasteiger partial charge on any atom is -0.452 e. The zero-order chi connectivity index (χ0) is 20.5. The van der Waals surface area contributed by atoms with Crippen molar-refractivity contribution in [2.24, 2.45) is 0 Å². The van der Waals surface area contributed by atoms with E-state index in [2.05, 4.69) is 0 Å². The number of ether oxygens (including phenoxy) is 2. The molecule has 0 radical (unpaired) electrons. The van der Waals surface area contributed by atoms with Crippen LogP contribution in [0.15, 0.2) is 66.4 Å². The van der Waals surface area contributed by atoms with Crippen LogP contribution >= 0.6 is 23.2 Å². The molecule has 3 aromatic carbocycles. The second kappa shape index (κ2) is 7.74. The second-order valence-electron chi connectivity index (χ2n) is 6.44. The number of hydrogen-bond donors (Lipinski definition) is 0. The van der Waals surface area contributed by atoms with Crippen LogP contribution in [0.4, 0.5) is 0 Å². The minimum atomic E-state index is -0.493. The van der Waals surface area contributed by atoms with Gasteiger partial charge in [0.1, 0.15) is 11.5 Å². The lowest BCUT2D eigenvalue weighted by molar-refractivity contribution is 0.0734. The Kier molecular flexibility index (Phi) is 5.14. The number of hydrogen-bond acceptors (Lipinski definition) is 4. The van der Waals surface area contributed by atoms with Gasteiger partial charge in [-0.15, -0.1) is 0 Å². The maximum Gasteiger partial charge on any atom is 0.343 e. The van der Waals surface area contributed by atoms with Crippen molar-refractivity contribution in [1.29, 1.82) is 0 Å². The zero-order valence-electron chi connectivity index (χ0n) is 15.2. The Morgan fingerprint density at radius 3 is 2.38 bits per heavy atom. The van der Waals surface area contributed by atoms with E-state index in [0.717, 1.165) is 0 Å². The van der Waals surface area contributed by atoms with Gasteiger partial charge in [0.05, 0.1) is 11.1 Å². The summed E-state index contributed by atoms with van der Waals surface area (Å²) >= 11 is 12.4. The predicted octanol–water partition coefficient (Wildman–Crippen LogP) is 6.14. The highest BCUT2D eigenvalue weighted by Crippen LogP contribution is 2.38. The molecule has 4 rings (SSSR count). The molecule has 0 aromatic heterocycles. The van der Waals surface area contributed by atoms with Gasteiger partial charge in [0.2, 0.25) is 5.78 Å². The van der Waals surface area contributed by atoms with E-state index in [-0.39, 0.29) is 11.5 Å². The zero-order valence-corrected chi connectivity index (χ0v) is 16.8.